The summed E-state index contributed by atoms with van der Waals surface area (Å²) in [7, 11) is -8.04. The fourth-order valence-corrected chi connectivity index (χ4v) is 12.2. The van der Waals surface area contributed by atoms with Crippen LogP contribution in [0.4, 0.5) is 0 Å². The zero-order valence-corrected chi connectivity index (χ0v) is 56.3. The first kappa shape index (κ1) is 75.3. The molecule has 3 saturated heterocycles. The van der Waals surface area contributed by atoms with E-state index in [1.165, 1.54) is 53.1 Å². The van der Waals surface area contributed by atoms with Crippen molar-refractivity contribution < 1.29 is 74.5 Å². The molecule has 97 heavy (non-hydrogen) atoms. The van der Waals surface area contributed by atoms with Gasteiger partial charge < -0.3 is 62.8 Å². The molecule has 3 aliphatic heterocycles. The number of amides is 7. The minimum Gasteiger partial charge on any atom is -0.508 e. The lowest BCUT2D eigenvalue weighted by Gasteiger charge is -2.32. The van der Waals surface area contributed by atoms with Crippen molar-refractivity contribution >= 4 is 61.6 Å². The van der Waals surface area contributed by atoms with Gasteiger partial charge in [0.1, 0.15) is 47.8 Å². The summed E-state index contributed by atoms with van der Waals surface area (Å²) in [6, 6.07) is 33.4. The van der Waals surface area contributed by atoms with Crippen LogP contribution in [0.25, 0.3) is 22.3 Å². The van der Waals surface area contributed by atoms with E-state index in [1.807, 2.05) is 62.4 Å². The summed E-state index contributed by atoms with van der Waals surface area (Å²) in [4.78, 5) is 102. The number of hydrogen-bond donors (Lipinski definition) is 11. The van der Waals surface area contributed by atoms with E-state index < -0.39 is 110 Å². The molecule has 27 heteroatoms. The van der Waals surface area contributed by atoms with E-state index in [2.05, 4.69) is 33.5 Å². The van der Waals surface area contributed by atoms with E-state index in [4.69, 9.17) is 25.3 Å². The molecule has 8 atom stereocenters. The third kappa shape index (κ3) is 22.0. The molecule has 3 fully saturated rings. The number of aliphatic hydroxyl groups is 1. The summed E-state index contributed by atoms with van der Waals surface area (Å²) in [5, 5.41) is 34.9. The quantitative estimate of drug-likeness (QED) is 0.0559. The maximum absolute atomic E-state index is 14.4. The van der Waals surface area contributed by atoms with E-state index in [9.17, 15) is 60.6 Å². The highest BCUT2D eigenvalue weighted by Crippen LogP contribution is 2.28. The van der Waals surface area contributed by atoms with Crippen LogP contribution in [-0.2, 0) is 55.4 Å². The van der Waals surface area contributed by atoms with Gasteiger partial charge in [0.05, 0.1) is 22.5 Å². The number of carbonyl (C=O) groups excluding carboxylic acids is 7. The smallest absolute Gasteiger partial charge is 0.294 e. The van der Waals surface area contributed by atoms with Crippen LogP contribution in [-0.4, -0.2) is 168 Å². The molecule has 3 heterocycles. The van der Waals surface area contributed by atoms with Crippen LogP contribution in [0.2, 0.25) is 0 Å². The van der Waals surface area contributed by atoms with Crippen molar-refractivity contribution in [2.45, 2.75) is 150 Å². The highest BCUT2D eigenvalue weighted by atomic mass is 32.2. The van der Waals surface area contributed by atoms with Crippen LogP contribution >= 0.6 is 0 Å². The Bertz CT molecular complexity index is 3810. The average molecular weight is 1370 g/mol. The lowest BCUT2D eigenvalue weighted by molar-refractivity contribution is -0.144. The van der Waals surface area contributed by atoms with Gasteiger partial charge >= 0.3 is 0 Å². The van der Waals surface area contributed by atoms with Crippen LogP contribution in [0.1, 0.15) is 98.7 Å². The number of hydrogen-bond acceptors (Lipinski definition) is 16. The number of aliphatic hydroxyl groups excluding tert-OH is 1. The molecule has 9 rings (SSSR count). The second kappa shape index (κ2) is 35.2. The number of nitrogens with two attached hydrogens (primary N) is 2. The van der Waals surface area contributed by atoms with Crippen molar-refractivity contribution in [1.82, 2.24) is 36.4 Å². The molecule has 0 spiro atoms. The number of nitrogens with one attached hydrogen (secondary N) is 5. The van der Waals surface area contributed by atoms with Gasteiger partial charge in [-0.3, -0.25) is 42.7 Å². The monoisotopic (exact) mass is 1370 g/mol. The van der Waals surface area contributed by atoms with Crippen molar-refractivity contribution in [3.63, 3.8) is 0 Å². The van der Waals surface area contributed by atoms with Crippen molar-refractivity contribution in [2.75, 3.05) is 32.8 Å². The van der Waals surface area contributed by atoms with Gasteiger partial charge in [0.15, 0.2) is 0 Å². The Morgan fingerprint density at radius 2 is 1.18 bits per heavy atom. The number of phenols is 1. The Balaban J connectivity index is 0.000000507. The summed E-state index contributed by atoms with van der Waals surface area (Å²) < 4.78 is 64.8. The van der Waals surface area contributed by atoms with E-state index in [0.717, 1.165) is 51.1 Å². The number of benzene rings is 6. The van der Waals surface area contributed by atoms with Crippen molar-refractivity contribution in [3.8, 4) is 33.8 Å². The van der Waals surface area contributed by atoms with Crippen molar-refractivity contribution in [3.05, 3.63) is 168 Å². The third-order valence-corrected chi connectivity index (χ3v) is 18.4. The normalized spacial score (nSPS) is 20.9. The molecule has 3 aliphatic rings. The molecule has 7 amide bonds. The fraction of sp³-hybridized carbons (Fsp3) is 0.386. The number of nitrogens with zero attached hydrogens (tertiary/aromatic N) is 2. The SMILES string of the molecule is CCCOc1ccc(-c2ccc(-c3ccc(C(=O)N[C@H]4CCCNC(=O)[C@@H]5C[C@H](N)CN5C(=O)[C@H](CCCN)NC(=O)[C@H](CCc5ccc(O)cc5)NC(=O)[C@@H]5CCCN5C(=O)[C@H]([C@@H](C)O)NC4=O)cc3)cc2)cc1.Cc1ccc(S(=O)(=O)O)cc1.Cc1ccc(S(=O)(=O)O)cc1. The zero-order chi connectivity index (χ0) is 70.6. The second-order valence-electron chi connectivity index (χ2n) is 24.2. The number of aromatic hydroxyl groups is 1. The predicted octanol–water partition coefficient (Wildman–Crippen LogP) is 5.13. The molecule has 0 bridgehead atoms. The van der Waals surface area contributed by atoms with Gasteiger partial charge in [-0.05, 0) is 180 Å². The van der Waals surface area contributed by atoms with E-state index in [1.54, 1.807) is 60.7 Å². The number of carbonyl (C=O) groups is 7. The molecule has 6 aromatic rings. The van der Waals surface area contributed by atoms with Crippen LogP contribution in [0, 0.1) is 13.8 Å². The van der Waals surface area contributed by atoms with Gasteiger partial charge in [0.25, 0.3) is 26.1 Å². The Hall–Kier alpha value is -9.09. The van der Waals surface area contributed by atoms with Crippen LogP contribution < -0.4 is 42.8 Å². The average Bonchev–Trinajstić information content (AvgIpc) is 1.87. The number of aryl methyl sites for hydroxylation is 3. The van der Waals surface area contributed by atoms with Crippen molar-refractivity contribution in [2.24, 2.45) is 11.5 Å². The minimum absolute atomic E-state index is 0.0161. The van der Waals surface area contributed by atoms with E-state index >= 15 is 0 Å². The summed E-state index contributed by atoms with van der Waals surface area (Å²) in [5.41, 5.74) is 19.0. The third-order valence-electron chi connectivity index (χ3n) is 16.7. The first-order valence-electron chi connectivity index (χ1n) is 32.2. The predicted molar refractivity (Wildman–Crippen MR) is 364 cm³/mol. The van der Waals surface area contributed by atoms with Crippen LogP contribution in [0.3, 0.4) is 0 Å². The largest absolute Gasteiger partial charge is 0.508 e. The molecule has 520 valence electrons. The highest BCUT2D eigenvalue weighted by molar-refractivity contribution is 7.86. The van der Waals surface area contributed by atoms with Crippen LogP contribution in [0.5, 0.6) is 11.5 Å². The van der Waals surface area contributed by atoms with Gasteiger partial charge in [-0.1, -0.05) is 103 Å². The Morgan fingerprint density at radius 3 is 1.70 bits per heavy atom. The Labute approximate surface area is 565 Å². The zero-order valence-electron chi connectivity index (χ0n) is 54.6. The fourth-order valence-electron chi connectivity index (χ4n) is 11.2. The number of rotatable bonds is 16. The maximum Gasteiger partial charge on any atom is 0.294 e. The van der Waals surface area contributed by atoms with Gasteiger partial charge in [-0.2, -0.15) is 16.8 Å². The lowest BCUT2D eigenvalue weighted by atomic mass is 9.99. The summed E-state index contributed by atoms with van der Waals surface area (Å²) in [5.74, 6) is -3.64. The molecular weight excluding hydrogens is 1290 g/mol. The minimum atomic E-state index is -4.02. The first-order valence-corrected chi connectivity index (χ1v) is 35.1. The van der Waals surface area contributed by atoms with E-state index in [-0.39, 0.29) is 92.2 Å². The van der Waals surface area contributed by atoms with Crippen molar-refractivity contribution in [1.29, 1.82) is 0 Å². The molecule has 0 aromatic heterocycles. The van der Waals surface area contributed by atoms with Crippen LogP contribution in [0.15, 0.2) is 155 Å². The van der Waals surface area contributed by atoms with Gasteiger partial charge in [-0.15, -0.1) is 0 Å². The standard InChI is InChI=1S/C56H71N9O10.2C7H8O3S/c1-3-31-75-43-25-21-39(22-26-43)37-15-13-36(14-16-37)38-17-19-40(20-18-38)50(68)60-44-8-5-29-59-53(71)48-32-41(58)33-65(48)55(73)46(7-4-28-57)62-51(69)45(27-12-35-10-23-42(67)24-11-35)61-54(72)47-9-6-30-64(47)56(74)49(34(2)66)63-52(44)70;2*1-6-2-4-7(5-3-6)11(8,9)10/h10-11,13-26,34,41,44-49,66-67H,3-9,12,27-33,57-58H2,1-2H3,(H,59,71)(H,60,68)(H,61,72)(H,62,69)(H,63,70);2*2-5H,1H3,(H,8,9,10)/t34-,41+,44+,45+,46+,47+,48+,49+;;/m1../s1. The van der Waals surface area contributed by atoms with E-state index in [0.29, 0.717) is 19.4 Å². The molecular formula is C70H87N9O16S2. The maximum atomic E-state index is 14.4. The Kier molecular flexibility index (Phi) is 27.4. The molecule has 0 saturated carbocycles. The van der Waals surface area contributed by atoms with Gasteiger partial charge in [0, 0.05) is 31.2 Å². The lowest BCUT2D eigenvalue weighted by Crippen LogP contribution is -2.61. The highest BCUT2D eigenvalue weighted by Gasteiger charge is 2.43. The molecule has 6 aromatic carbocycles. The molecule has 13 N–H and O–H groups in total. The molecule has 0 aliphatic carbocycles. The molecule has 0 unspecified atom stereocenters. The van der Waals surface area contributed by atoms with Gasteiger partial charge in [-0.25, -0.2) is 0 Å². The molecule has 0 radical (unpaired) electrons. The summed E-state index contributed by atoms with van der Waals surface area (Å²) in [6.07, 6.45) is 1.19. The molecule has 25 nitrogen and oxygen atoms in total. The topological polar surface area (TPSA) is 397 Å². The second-order valence-corrected chi connectivity index (χ2v) is 27.1. The summed E-state index contributed by atoms with van der Waals surface area (Å²) >= 11 is 0. The first-order chi connectivity index (χ1) is 46.1. The van der Waals surface area contributed by atoms with Gasteiger partial charge in [0.2, 0.25) is 35.4 Å². The Morgan fingerprint density at radius 1 is 0.639 bits per heavy atom. The summed E-state index contributed by atoms with van der Waals surface area (Å²) in [6.45, 7) is 8.10. The number of fused-ring (bicyclic) bond motifs is 2. The number of phenolic OH excluding ortho intramolecular Hbond substituents is 1. The number of ether oxygens (including phenoxy) is 1.